The molecule has 1 heterocycles. The average molecular weight is 261 g/mol. The van der Waals surface area contributed by atoms with E-state index in [1.54, 1.807) is 25.1 Å². The zero-order valence-electron chi connectivity index (χ0n) is 9.18. The lowest BCUT2D eigenvalue weighted by atomic mass is 10.2. The third-order valence-electron chi connectivity index (χ3n) is 2.35. The maximum Gasteiger partial charge on any atom is 0.446 e. The summed E-state index contributed by atoms with van der Waals surface area (Å²) in [7, 11) is 1.48. The first-order valence-electron chi connectivity index (χ1n) is 4.83. The molecule has 2 nitrogen and oxygen atoms in total. The SMILES string of the molecule is COc1ccc2[nH]c(C)c(SC(F)(F)F)c2c1. The Kier molecular flexibility index (Phi) is 2.99. The Morgan fingerprint density at radius 1 is 1.29 bits per heavy atom. The highest BCUT2D eigenvalue weighted by atomic mass is 32.2. The monoisotopic (exact) mass is 261 g/mol. The molecule has 0 amide bonds. The molecule has 0 unspecified atom stereocenters. The first kappa shape index (κ1) is 12.2. The van der Waals surface area contributed by atoms with Crippen molar-refractivity contribution in [2.75, 3.05) is 7.11 Å². The lowest BCUT2D eigenvalue weighted by Crippen LogP contribution is -1.99. The van der Waals surface area contributed by atoms with Crippen LogP contribution in [0.3, 0.4) is 0 Å². The van der Waals surface area contributed by atoms with Gasteiger partial charge in [0, 0.05) is 21.5 Å². The fourth-order valence-electron chi connectivity index (χ4n) is 1.66. The summed E-state index contributed by atoms with van der Waals surface area (Å²) in [6, 6.07) is 5.02. The molecular formula is C11H10F3NOS. The molecule has 0 atom stereocenters. The summed E-state index contributed by atoms with van der Waals surface area (Å²) in [5, 5.41) is 0.532. The van der Waals surface area contributed by atoms with Gasteiger partial charge in [0.15, 0.2) is 0 Å². The third-order valence-corrected chi connectivity index (χ3v) is 3.31. The van der Waals surface area contributed by atoms with Gasteiger partial charge < -0.3 is 9.72 Å². The Hall–Kier alpha value is -1.30. The average Bonchev–Trinajstić information content (AvgIpc) is 2.53. The maximum atomic E-state index is 12.4. The molecule has 0 aliphatic carbocycles. The van der Waals surface area contributed by atoms with E-state index in [1.807, 2.05) is 0 Å². The lowest BCUT2D eigenvalue weighted by molar-refractivity contribution is -0.0327. The highest BCUT2D eigenvalue weighted by Gasteiger charge is 2.31. The minimum absolute atomic E-state index is 0.104. The van der Waals surface area contributed by atoms with Gasteiger partial charge >= 0.3 is 5.51 Å². The van der Waals surface area contributed by atoms with Gasteiger partial charge in [-0.3, -0.25) is 0 Å². The van der Waals surface area contributed by atoms with Crippen molar-refractivity contribution in [3.63, 3.8) is 0 Å². The number of aromatic nitrogens is 1. The Bertz CT molecular complexity index is 547. The number of ether oxygens (including phenoxy) is 1. The van der Waals surface area contributed by atoms with Crippen LogP contribution in [0.4, 0.5) is 13.2 Å². The summed E-state index contributed by atoms with van der Waals surface area (Å²) in [4.78, 5) is 3.12. The highest BCUT2D eigenvalue weighted by Crippen LogP contribution is 2.42. The standard InChI is InChI=1S/C11H10F3NOS/c1-6-10(17-11(12,13)14)8-5-7(16-2)3-4-9(8)15-6/h3-5,15H,1-2H3. The number of rotatable bonds is 2. The summed E-state index contributed by atoms with van der Waals surface area (Å²) >= 11 is -0.104. The molecule has 2 aromatic rings. The summed E-state index contributed by atoms with van der Waals surface area (Å²) in [5.74, 6) is 0.542. The van der Waals surface area contributed by atoms with Gasteiger partial charge in [0.25, 0.3) is 0 Å². The van der Waals surface area contributed by atoms with Gasteiger partial charge in [0.05, 0.1) is 7.11 Å². The van der Waals surface area contributed by atoms with E-state index in [0.717, 1.165) is 0 Å². The number of fused-ring (bicyclic) bond motifs is 1. The molecule has 17 heavy (non-hydrogen) atoms. The first-order chi connectivity index (χ1) is 7.90. The zero-order valence-corrected chi connectivity index (χ0v) is 10.00. The van der Waals surface area contributed by atoms with Gasteiger partial charge in [0.1, 0.15) is 5.75 Å². The van der Waals surface area contributed by atoms with Gasteiger partial charge in [-0.05, 0) is 36.9 Å². The second kappa shape index (κ2) is 4.18. The zero-order chi connectivity index (χ0) is 12.6. The third kappa shape index (κ3) is 2.52. The molecule has 0 saturated carbocycles. The van der Waals surface area contributed by atoms with Crippen LogP contribution in [-0.4, -0.2) is 17.6 Å². The van der Waals surface area contributed by atoms with Crippen molar-refractivity contribution < 1.29 is 17.9 Å². The number of benzene rings is 1. The number of hydrogen-bond acceptors (Lipinski definition) is 2. The smallest absolute Gasteiger partial charge is 0.446 e. The van der Waals surface area contributed by atoms with Crippen molar-refractivity contribution in [3.05, 3.63) is 23.9 Å². The quantitative estimate of drug-likeness (QED) is 0.823. The predicted octanol–water partition coefficient (Wildman–Crippen LogP) is 4.10. The molecule has 92 valence electrons. The van der Waals surface area contributed by atoms with Crippen molar-refractivity contribution in [1.82, 2.24) is 4.98 Å². The normalized spacial score (nSPS) is 12.1. The summed E-state index contributed by atoms with van der Waals surface area (Å²) < 4.78 is 42.3. The van der Waals surface area contributed by atoms with E-state index >= 15 is 0 Å². The van der Waals surface area contributed by atoms with Crippen molar-refractivity contribution in [2.24, 2.45) is 0 Å². The highest BCUT2D eigenvalue weighted by molar-refractivity contribution is 8.00. The molecule has 0 aliphatic rings. The van der Waals surface area contributed by atoms with Gasteiger partial charge in [-0.1, -0.05) is 0 Å². The van der Waals surface area contributed by atoms with Crippen LogP contribution in [0.5, 0.6) is 5.75 Å². The molecule has 0 saturated heterocycles. The number of hydrogen-bond donors (Lipinski definition) is 1. The molecule has 0 radical (unpaired) electrons. The second-order valence-electron chi connectivity index (χ2n) is 3.54. The molecule has 1 aromatic heterocycles. The number of H-pyrrole nitrogens is 1. The summed E-state index contributed by atoms with van der Waals surface area (Å²) in [6.45, 7) is 1.63. The van der Waals surface area contributed by atoms with Gasteiger partial charge in [-0.2, -0.15) is 13.2 Å². The van der Waals surface area contributed by atoms with Gasteiger partial charge in [-0.15, -0.1) is 0 Å². The van der Waals surface area contributed by atoms with Crippen molar-refractivity contribution in [3.8, 4) is 5.75 Å². The Balaban J connectivity index is 2.56. The van der Waals surface area contributed by atoms with Gasteiger partial charge in [-0.25, -0.2) is 0 Å². The molecule has 2 rings (SSSR count). The summed E-state index contributed by atoms with van der Waals surface area (Å²) in [5.41, 5.74) is -3.10. The molecule has 6 heteroatoms. The fraction of sp³-hybridized carbons (Fsp3) is 0.273. The van der Waals surface area contributed by atoms with Crippen molar-refractivity contribution in [1.29, 1.82) is 0 Å². The van der Waals surface area contributed by atoms with Crippen LogP contribution in [0.1, 0.15) is 5.69 Å². The van der Waals surface area contributed by atoms with Crippen LogP contribution in [0.2, 0.25) is 0 Å². The van der Waals surface area contributed by atoms with Crippen LogP contribution >= 0.6 is 11.8 Å². The number of aromatic amines is 1. The lowest BCUT2D eigenvalue weighted by Gasteiger charge is -2.06. The molecule has 1 N–H and O–H groups in total. The van der Waals surface area contributed by atoms with E-state index in [1.165, 1.54) is 7.11 Å². The number of alkyl halides is 3. The van der Waals surface area contributed by atoms with Crippen LogP contribution in [0.25, 0.3) is 10.9 Å². The fourth-order valence-corrected chi connectivity index (χ4v) is 2.37. The van der Waals surface area contributed by atoms with E-state index in [9.17, 15) is 13.2 Å². The molecule has 0 aliphatic heterocycles. The minimum Gasteiger partial charge on any atom is -0.497 e. The topological polar surface area (TPSA) is 25.0 Å². The second-order valence-corrected chi connectivity index (χ2v) is 4.61. The van der Waals surface area contributed by atoms with E-state index in [4.69, 9.17) is 4.74 Å². The Labute approximate surface area is 100 Å². The van der Waals surface area contributed by atoms with E-state index < -0.39 is 5.51 Å². The van der Waals surface area contributed by atoms with E-state index in [0.29, 0.717) is 22.3 Å². The Morgan fingerprint density at radius 2 is 2.00 bits per heavy atom. The largest absolute Gasteiger partial charge is 0.497 e. The van der Waals surface area contributed by atoms with Crippen LogP contribution < -0.4 is 4.74 Å². The molecule has 0 spiro atoms. The minimum atomic E-state index is -4.29. The molecule has 0 bridgehead atoms. The molecule has 0 fully saturated rings. The predicted molar refractivity (Wildman–Crippen MR) is 61.5 cm³/mol. The number of halogens is 3. The number of methoxy groups -OCH3 is 1. The molecular weight excluding hydrogens is 251 g/mol. The Morgan fingerprint density at radius 3 is 2.59 bits per heavy atom. The van der Waals surface area contributed by atoms with E-state index in [-0.39, 0.29) is 16.7 Å². The first-order valence-corrected chi connectivity index (χ1v) is 5.64. The van der Waals surface area contributed by atoms with Crippen LogP contribution in [0.15, 0.2) is 23.1 Å². The van der Waals surface area contributed by atoms with Gasteiger partial charge in [0.2, 0.25) is 0 Å². The van der Waals surface area contributed by atoms with Crippen molar-refractivity contribution in [2.45, 2.75) is 17.3 Å². The number of nitrogens with one attached hydrogen (secondary N) is 1. The maximum absolute atomic E-state index is 12.4. The summed E-state index contributed by atoms with van der Waals surface area (Å²) in [6.07, 6.45) is 0. The van der Waals surface area contributed by atoms with E-state index in [2.05, 4.69) is 4.98 Å². The number of aryl methyl sites for hydroxylation is 1. The van der Waals surface area contributed by atoms with Crippen LogP contribution in [-0.2, 0) is 0 Å². The number of thioether (sulfide) groups is 1. The van der Waals surface area contributed by atoms with Crippen LogP contribution in [0, 0.1) is 6.92 Å². The molecule has 1 aromatic carbocycles. The van der Waals surface area contributed by atoms with Crippen molar-refractivity contribution >= 4 is 22.7 Å².